The number of hydrogen-bond acceptors (Lipinski definition) is 5. The minimum Gasteiger partial charge on any atom is -0.363 e. The Hall–Kier alpha value is -1.85. The van der Waals surface area contributed by atoms with Gasteiger partial charge < -0.3 is 15.6 Å². The lowest BCUT2D eigenvalue weighted by atomic mass is 9.99. The van der Waals surface area contributed by atoms with E-state index < -0.39 is 0 Å². The number of aromatic nitrogens is 4. The maximum Gasteiger partial charge on any atom is 0.226 e. The van der Waals surface area contributed by atoms with Crippen LogP contribution in [-0.2, 0) is 0 Å². The van der Waals surface area contributed by atoms with E-state index in [1.54, 1.807) is 6.33 Å². The molecule has 20 heavy (non-hydrogen) atoms. The summed E-state index contributed by atoms with van der Waals surface area (Å²) in [6.45, 7) is 7.44. The molecule has 0 atom stereocenters. The molecule has 0 spiro atoms. The zero-order chi connectivity index (χ0) is 14.2. The first kappa shape index (κ1) is 13.1. The second kappa shape index (κ2) is 4.92. The molecule has 1 aliphatic rings. The summed E-state index contributed by atoms with van der Waals surface area (Å²) < 4.78 is 0. The van der Waals surface area contributed by atoms with Gasteiger partial charge in [-0.2, -0.15) is 9.97 Å². The lowest BCUT2D eigenvalue weighted by molar-refractivity contribution is 0.493. The van der Waals surface area contributed by atoms with E-state index in [0.717, 1.165) is 30.2 Å². The van der Waals surface area contributed by atoms with Crippen molar-refractivity contribution in [3.05, 3.63) is 6.33 Å². The minimum atomic E-state index is 0.0500. The Labute approximate surface area is 118 Å². The van der Waals surface area contributed by atoms with Crippen LogP contribution >= 0.6 is 0 Å². The molecule has 2 aromatic rings. The van der Waals surface area contributed by atoms with Gasteiger partial charge in [-0.1, -0.05) is 6.92 Å². The molecular formula is C14H22N6. The van der Waals surface area contributed by atoms with Gasteiger partial charge in [0.1, 0.15) is 5.52 Å². The molecule has 108 valence electrons. The number of hydrogen-bond donors (Lipinski definition) is 3. The molecule has 0 bridgehead atoms. The molecule has 6 nitrogen and oxygen atoms in total. The van der Waals surface area contributed by atoms with Crippen LogP contribution in [0.3, 0.4) is 0 Å². The maximum atomic E-state index is 4.60. The highest BCUT2D eigenvalue weighted by Crippen LogP contribution is 2.41. The summed E-state index contributed by atoms with van der Waals surface area (Å²) in [6, 6.07) is 0. The summed E-state index contributed by atoms with van der Waals surface area (Å²) in [6.07, 6.45) is 5.28. The van der Waals surface area contributed by atoms with Gasteiger partial charge in [-0.05, 0) is 39.0 Å². The Balaban J connectivity index is 1.92. The number of nitrogens with one attached hydrogen (secondary N) is 3. The van der Waals surface area contributed by atoms with Crippen molar-refractivity contribution in [2.24, 2.45) is 5.92 Å². The Bertz CT molecular complexity index is 599. The highest BCUT2D eigenvalue weighted by Gasteiger charge is 2.38. The molecule has 0 unspecified atom stereocenters. The van der Waals surface area contributed by atoms with Gasteiger partial charge in [-0.25, -0.2) is 4.98 Å². The third kappa shape index (κ3) is 2.55. The van der Waals surface area contributed by atoms with Crippen LogP contribution in [0, 0.1) is 5.92 Å². The molecular weight excluding hydrogens is 252 g/mol. The fourth-order valence-electron chi connectivity index (χ4n) is 2.45. The van der Waals surface area contributed by atoms with Crippen molar-refractivity contribution in [1.29, 1.82) is 0 Å². The number of anilines is 2. The van der Waals surface area contributed by atoms with Gasteiger partial charge in [0.05, 0.1) is 6.33 Å². The van der Waals surface area contributed by atoms with Gasteiger partial charge in [0.25, 0.3) is 0 Å². The molecule has 0 radical (unpaired) electrons. The summed E-state index contributed by atoms with van der Waals surface area (Å²) in [5.74, 6) is 2.20. The predicted octanol–water partition coefficient (Wildman–Crippen LogP) is 2.78. The number of imidazole rings is 1. The third-order valence-electron chi connectivity index (χ3n) is 3.86. The number of nitrogens with zero attached hydrogens (tertiary/aromatic N) is 3. The quantitative estimate of drug-likeness (QED) is 0.755. The van der Waals surface area contributed by atoms with Gasteiger partial charge in [-0.15, -0.1) is 0 Å². The number of H-pyrrole nitrogens is 1. The van der Waals surface area contributed by atoms with Crippen LogP contribution in [0.5, 0.6) is 0 Å². The summed E-state index contributed by atoms with van der Waals surface area (Å²) in [7, 11) is 0. The highest BCUT2D eigenvalue weighted by molar-refractivity contribution is 5.84. The molecule has 1 aliphatic carbocycles. The Morgan fingerprint density at radius 2 is 2.15 bits per heavy atom. The first-order valence-electron chi connectivity index (χ1n) is 7.33. The third-order valence-corrected chi connectivity index (χ3v) is 3.86. The average molecular weight is 274 g/mol. The highest BCUT2D eigenvalue weighted by atomic mass is 15.2. The molecule has 0 aliphatic heterocycles. The van der Waals surface area contributed by atoms with Crippen molar-refractivity contribution >= 4 is 22.9 Å². The lowest BCUT2D eigenvalue weighted by Crippen LogP contribution is -2.34. The molecule has 1 saturated carbocycles. The SMILES string of the molecule is CCCNc1nc(NC(C)(C)C2CC2)c2[nH]cnc2n1. The van der Waals surface area contributed by atoms with E-state index in [1.807, 2.05) is 0 Å². The first-order chi connectivity index (χ1) is 9.60. The average Bonchev–Trinajstić information content (AvgIpc) is 3.16. The zero-order valence-electron chi connectivity index (χ0n) is 12.3. The topological polar surface area (TPSA) is 78.5 Å². The summed E-state index contributed by atoms with van der Waals surface area (Å²) >= 11 is 0. The van der Waals surface area contributed by atoms with Crippen molar-refractivity contribution in [2.75, 3.05) is 17.2 Å². The van der Waals surface area contributed by atoms with Crippen LogP contribution in [0.25, 0.3) is 11.2 Å². The molecule has 3 N–H and O–H groups in total. The van der Waals surface area contributed by atoms with Gasteiger partial charge in [0.15, 0.2) is 11.5 Å². The largest absolute Gasteiger partial charge is 0.363 e. The van der Waals surface area contributed by atoms with E-state index in [9.17, 15) is 0 Å². The monoisotopic (exact) mass is 274 g/mol. The van der Waals surface area contributed by atoms with E-state index in [1.165, 1.54) is 12.8 Å². The molecule has 2 aromatic heterocycles. The van der Waals surface area contributed by atoms with Crippen molar-refractivity contribution in [1.82, 2.24) is 19.9 Å². The van der Waals surface area contributed by atoms with Crippen molar-refractivity contribution < 1.29 is 0 Å². The van der Waals surface area contributed by atoms with E-state index in [4.69, 9.17) is 0 Å². The Morgan fingerprint density at radius 1 is 1.35 bits per heavy atom. The Kier molecular flexibility index (Phi) is 3.23. The second-order valence-corrected chi connectivity index (χ2v) is 6.04. The molecule has 0 aromatic carbocycles. The molecule has 0 amide bonds. The maximum absolute atomic E-state index is 4.60. The van der Waals surface area contributed by atoms with E-state index in [-0.39, 0.29) is 5.54 Å². The summed E-state index contributed by atoms with van der Waals surface area (Å²) in [4.78, 5) is 16.4. The number of aromatic amines is 1. The van der Waals surface area contributed by atoms with Gasteiger partial charge >= 0.3 is 0 Å². The molecule has 3 rings (SSSR count). The van der Waals surface area contributed by atoms with Crippen LogP contribution in [0.2, 0.25) is 0 Å². The minimum absolute atomic E-state index is 0.0500. The number of rotatable bonds is 6. The lowest BCUT2D eigenvalue weighted by Gasteiger charge is -2.27. The van der Waals surface area contributed by atoms with Crippen molar-refractivity contribution in [2.45, 2.75) is 45.6 Å². The normalized spacial score (nSPS) is 15.6. The second-order valence-electron chi connectivity index (χ2n) is 6.04. The predicted molar refractivity (Wildman–Crippen MR) is 80.9 cm³/mol. The van der Waals surface area contributed by atoms with Crippen LogP contribution in [0.15, 0.2) is 6.33 Å². The van der Waals surface area contributed by atoms with E-state index in [0.29, 0.717) is 11.6 Å². The van der Waals surface area contributed by atoms with Gasteiger partial charge in [0.2, 0.25) is 5.95 Å². The van der Waals surface area contributed by atoms with Crippen LogP contribution in [-0.4, -0.2) is 32.0 Å². The van der Waals surface area contributed by atoms with Gasteiger partial charge in [-0.3, -0.25) is 0 Å². The van der Waals surface area contributed by atoms with Crippen molar-refractivity contribution in [3.8, 4) is 0 Å². The van der Waals surface area contributed by atoms with Gasteiger partial charge in [0, 0.05) is 12.1 Å². The molecule has 1 fully saturated rings. The van der Waals surface area contributed by atoms with Crippen molar-refractivity contribution in [3.63, 3.8) is 0 Å². The van der Waals surface area contributed by atoms with Crippen LogP contribution < -0.4 is 10.6 Å². The molecule has 6 heteroatoms. The first-order valence-corrected chi connectivity index (χ1v) is 7.33. The summed E-state index contributed by atoms with van der Waals surface area (Å²) in [5.41, 5.74) is 1.63. The zero-order valence-corrected chi connectivity index (χ0v) is 12.3. The van der Waals surface area contributed by atoms with Crippen LogP contribution in [0.4, 0.5) is 11.8 Å². The fraction of sp³-hybridized carbons (Fsp3) is 0.643. The number of fused-ring (bicyclic) bond motifs is 1. The van der Waals surface area contributed by atoms with E-state index >= 15 is 0 Å². The van der Waals surface area contributed by atoms with E-state index in [2.05, 4.69) is 51.3 Å². The summed E-state index contributed by atoms with van der Waals surface area (Å²) in [5, 5.41) is 6.79. The standard InChI is InChI=1S/C14H22N6/c1-4-7-15-13-18-11-10(16-8-17-11)12(19-13)20-14(2,3)9-5-6-9/h8-9H,4-7H2,1-3H3,(H3,15,16,17,18,19,20). The molecule has 0 saturated heterocycles. The fourth-order valence-corrected chi connectivity index (χ4v) is 2.45. The Morgan fingerprint density at radius 3 is 2.85 bits per heavy atom. The molecule has 2 heterocycles. The smallest absolute Gasteiger partial charge is 0.226 e. The van der Waals surface area contributed by atoms with Crippen LogP contribution in [0.1, 0.15) is 40.0 Å².